The molecular formula is C23H26N4O3. The molecule has 2 aliphatic rings. The van der Waals surface area contributed by atoms with E-state index < -0.39 is 5.79 Å². The zero-order valence-electron chi connectivity index (χ0n) is 17.4. The Kier molecular flexibility index (Phi) is 4.62. The maximum Gasteiger partial charge on any atom is 0.317 e. The molecule has 1 saturated heterocycles. The molecule has 5 rings (SSSR count). The number of pyridine rings is 1. The monoisotopic (exact) mass is 406 g/mol. The van der Waals surface area contributed by atoms with Gasteiger partial charge >= 0.3 is 6.03 Å². The van der Waals surface area contributed by atoms with Gasteiger partial charge in [0.25, 0.3) is 0 Å². The van der Waals surface area contributed by atoms with E-state index in [1.165, 1.54) is 0 Å². The van der Waals surface area contributed by atoms with Gasteiger partial charge in [-0.2, -0.15) is 5.10 Å². The number of piperidine rings is 1. The van der Waals surface area contributed by atoms with Gasteiger partial charge in [0.1, 0.15) is 5.75 Å². The number of hydrogen-bond acceptors (Lipinski definition) is 4. The number of hydrogen-bond donors (Lipinski definition) is 1. The second kappa shape index (κ2) is 7.32. The highest BCUT2D eigenvalue weighted by molar-refractivity contribution is 5.74. The van der Waals surface area contributed by atoms with E-state index in [0.717, 1.165) is 33.7 Å². The van der Waals surface area contributed by atoms with E-state index in [9.17, 15) is 4.79 Å². The van der Waals surface area contributed by atoms with Gasteiger partial charge in [-0.3, -0.25) is 0 Å². The molecule has 0 saturated carbocycles. The molecule has 2 amide bonds. The quantitative estimate of drug-likeness (QED) is 0.704. The Balaban J connectivity index is 1.35. The molecule has 2 aromatic heterocycles. The number of aromatic nitrogens is 2. The van der Waals surface area contributed by atoms with Crippen molar-refractivity contribution in [2.45, 2.75) is 39.1 Å². The minimum Gasteiger partial charge on any atom is -0.462 e. The van der Waals surface area contributed by atoms with Crippen molar-refractivity contribution in [1.82, 2.24) is 19.8 Å². The fraction of sp³-hybridized carbons (Fsp3) is 0.391. The Bertz CT molecular complexity index is 1100. The summed E-state index contributed by atoms with van der Waals surface area (Å²) in [5.74, 6) is 0.232. The van der Waals surface area contributed by atoms with Crippen LogP contribution >= 0.6 is 0 Å². The summed E-state index contributed by atoms with van der Waals surface area (Å²) in [6.07, 6.45) is 3.15. The maximum absolute atomic E-state index is 12.1. The van der Waals surface area contributed by atoms with Crippen LogP contribution in [0.1, 0.15) is 31.0 Å². The Morgan fingerprint density at radius 1 is 1.20 bits per heavy atom. The van der Waals surface area contributed by atoms with Crippen LogP contribution in [0.15, 0.2) is 42.6 Å². The minimum absolute atomic E-state index is 0.0160. The van der Waals surface area contributed by atoms with E-state index in [1.807, 2.05) is 34.7 Å². The molecule has 0 aliphatic carbocycles. The highest BCUT2D eigenvalue weighted by atomic mass is 16.7. The molecule has 7 heteroatoms. The van der Waals surface area contributed by atoms with Crippen molar-refractivity contribution in [2.75, 3.05) is 19.6 Å². The third-order valence-corrected chi connectivity index (χ3v) is 6.10. The summed E-state index contributed by atoms with van der Waals surface area (Å²) in [5, 5.41) is 7.27. The number of amides is 2. The van der Waals surface area contributed by atoms with Crippen molar-refractivity contribution in [3.63, 3.8) is 0 Å². The predicted molar refractivity (Wildman–Crippen MR) is 113 cm³/mol. The summed E-state index contributed by atoms with van der Waals surface area (Å²) in [6, 6.07) is 12.5. The molecule has 0 radical (unpaired) electrons. The minimum atomic E-state index is -0.638. The molecule has 1 aromatic carbocycles. The summed E-state index contributed by atoms with van der Waals surface area (Å²) in [5.41, 5.74) is 5.50. The molecule has 3 aromatic rings. The molecule has 156 valence electrons. The summed E-state index contributed by atoms with van der Waals surface area (Å²) in [7, 11) is 0. The normalized spacial score (nSPS) is 17.6. The van der Waals surface area contributed by atoms with E-state index in [1.54, 1.807) is 0 Å². The first-order chi connectivity index (χ1) is 14.6. The Hall–Kier alpha value is -3.06. The Morgan fingerprint density at radius 3 is 2.83 bits per heavy atom. The topological polar surface area (TPSA) is 68.1 Å². The summed E-state index contributed by atoms with van der Waals surface area (Å²) >= 11 is 0. The van der Waals surface area contributed by atoms with Crippen LogP contribution in [0.3, 0.4) is 0 Å². The van der Waals surface area contributed by atoms with Gasteiger partial charge in [-0.15, -0.1) is 0 Å². The van der Waals surface area contributed by atoms with E-state index >= 15 is 0 Å². The van der Waals surface area contributed by atoms with Crippen LogP contribution in [0.25, 0.3) is 16.6 Å². The van der Waals surface area contributed by atoms with Crippen molar-refractivity contribution in [2.24, 2.45) is 0 Å². The van der Waals surface area contributed by atoms with Crippen molar-refractivity contribution in [3.05, 3.63) is 53.9 Å². The van der Waals surface area contributed by atoms with Gasteiger partial charge in [-0.05, 0) is 43.7 Å². The van der Waals surface area contributed by atoms with Crippen LogP contribution in [0.2, 0.25) is 0 Å². The number of likely N-dealkylation sites (tertiary alicyclic amines) is 1. The first kappa shape index (κ1) is 18.9. The van der Waals surface area contributed by atoms with Gasteiger partial charge in [-0.25, -0.2) is 9.31 Å². The van der Waals surface area contributed by atoms with Gasteiger partial charge in [-0.1, -0.05) is 12.1 Å². The molecule has 4 heterocycles. The van der Waals surface area contributed by atoms with Gasteiger partial charge in [0.15, 0.2) is 0 Å². The Labute approximate surface area is 175 Å². The predicted octanol–water partition coefficient (Wildman–Crippen LogP) is 3.74. The van der Waals surface area contributed by atoms with E-state index in [-0.39, 0.29) is 6.03 Å². The molecule has 7 nitrogen and oxygen atoms in total. The second-order valence-corrected chi connectivity index (χ2v) is 7.95. The first-order valence-corrected chi connectivity index (χ1v) is 10.5. The lowest BCUT2D eigenvalue weighted by atomic mass is 9.98. The van der Waals surface area contributed by atoms with Gasteiger partial charge in [0.05, 0.1) is 12.1 Å². The number of urea groups is 1. The number of carbonyl (C=O) groups is 1. The number of ether oxygens (including phenoxy) is 2. The molecule has 2 aliphatic heterocycles. The fourth-order valence-electron chi connectivity index (χ4n) is 4.39. The molecule has 1 fully saturated rings. The number of nitrogens with zero attached hydrogens (tertiary/aromatic N) is 3. The van der Waals surface area contributed by atoms with Crippen LogP contribution in [0.4, 0.5) is 4.79 Å². The number of rotatable bonds is 2. The lowest BCUT2D eigenvalue weighted by Crippen LogP contribution is -2.54. The van der Waals surface area contributed by atoms with Crippen LogP contribution < -0.4 is 10.1 Å². The fourth-order valence-corrected chi connectivity index (χ4v) is 4.39. The zero-order valence-corrected chi connectivity index (χ0v) is 17.4. The average Bonchev–Trinajstić information content (AvgIpc) is 3.24. The van der Waals surface area contributed by atoms with Crippen LogP contribution in [-0.2, 0) is 11.3 Å². The molecular weight excluding hydrogens is 380 g/mol. The lowest BCUT2D eigenvalue weighted by molar-refractivity contribution is -0.225. The standard InChI is InChI=1S/C23H26N4O3/c1-3-24-22(28)26-12-9-23(10-13-26)29-15-18-14-17(4-7-21(18)30-23)20-6-5-19-8-11-25-27(19)16(20)2/h4-8,11,14H,3,9-10,12-13,15H2,1-2H3,(H,24,28). The lowest BCUT2D eigenvalue weighted by Gasteiger charge is -2.43. The first-order valence-electron chi connectivity index (χ1n) is 10.5. The largest absolute Gasteiger partial charge is 0.462 e. The van der Waals surface area contributed by atoms with E-state index in [2.05, 4.69) is 41.6 Å². The number of nitrogens with one attached hydrogen (secondary N) is 1. The average molecular weight is 406 g/mol. The highest BCUT2D eigenvalue weighted by Crippen LogP contribution is 2.39. The van der Waals surface area contributed by atoms with Gasteiger partial charge in [0, 0.05) is 55.5 Å². The number of fused-ring (bicyclic) bond motifs is 2. The summed E-state index contributed by atoms with van der Waals surface area (Å²) in [6.45, 7) is 6.41. The molecule has 0 atom stereocenters. The third kappa shape index (κ3) is 3.19. The highest BCUT2D eigenvalue weighted by Gasteiger charge is 2.41. The van der Waals surface area contributed by atoms with Crippen LogP contribution in [0.5, 0.6) is 5.75 Å². The molecule has 0 bridgehead atoms. The molecule has 30 heavy (non-hydrogen) atoms. The van der Waals surface area contributed by atoms with E-state index in [4.69, 9.17) is 9.47 Å². The summed E-state index contributed by atoms with van der Waals surface area (Å²) < 4.78 is 14.5. The zero-order chi connectivity index (χ0) is 20.7. The van der Waals surface area contributed by atoms with Crippen molar-refractivity contribution >= 4 is 11.5 Å². The molecule has 1 spiro atoms. The van der Waals surface area contributed by atoms with Crippen molar-refractivity contribution in [1.29, 1.82) is 0 Å². The number of carbonyl (C=O) groups excluding carboxylic acids is 1. The van der Waals surface area contributed by atoms with E-state index in [0.29, 0.717) is 39.1 Å². The third-order valence-electron chi connectivity index (χ3n) is 6.10. The number of aryl methyl sites for hydroxylation is 1. The van der Waals surface area contributed by atoms with Crippen LogP contribution in [0, 0.1) is 6.92 Å². The SMILES string of the molecule is CCNC(=O)N1CCC2(CC1)OCc1cc(-c3ccc4ccnn4c3C)ccc1O2. The number of benzene rings is 1. The molecule has 0 unspecified atom stereocenters. The van der Waals surface area contributed by atoms with Gasteiger partial charge < -0.3 is 19.7 Å². The molecule has 1 N–H and O–H groups in total. The second-order valence-electron chi connectivity index (χ2n) is 7.95. The smallest absolute Gasteiger partial charge is 0.317 e. The van der Waals surface area contributed by atoms with Crippen molar-refractivity contribution < 1.29 is 14.3 Å². The van der Waals surface area contributed by atoms with Gasteiger partial charge in [0.2, 0.25) is 5.79 Å². The van der Waals surface area contributed by atoms with Crippen molar-refractivity contribution in [3.8, 4) is 16.9 Å². The maximum atomic E-state index is 12.1. The Morgan fingerprint density at radius 2 is 2.03 bits per heavy atom. The van der Waals surface area contributed by atoms with Crippen LogP contribution in [-0.4, -0.2) is 46.0 Å². The summed E-state index contributed by atoms with van der Waals surface area (Å²) in [4.78, 5) is 13.9.